The fraction of sp³-hybridized carbons (Fsp3) is 0.526. The number of carbonyl (C=O) groups is 1. The molecule has 0 saturated carbocycles. The van der Waals surface area contributed by atoms with E-state index in [4.69, 9.17) is 4.74 Å². The Hall–Kier alpha value is -1.90. The van der Waals surface area contributed by atoms with Crippen molar-refractivity contribution in [2.24, 2.45) is 0 Å². The quantitative estimate of drug-likeness (QED) is 0.778. The van der Waals surface area contributed by atoms with Gasteiger partial charge in [0.15, 0.2) is 5.16 Å². The molecule has 2 aromatic rings. The summed E-state index contributed by atoms with van der Waals surface area (Å²) >= 11 is 1.53. The number of hydrogen-bond donors (Lipinski definition) is 0. The van der Waals surface area contributed by atoms with Gasteiger partial charge in [-0.15, -0.1) is 5.10 Å². The highest BCUT2D eigenvalue weighted by Crippen LogP contribution is 2.41. The average molecular weight is 388 g/mol. The van der Waals surface area contributed by atoms with Gasteiger partial charge in [-0.1, -0.05) is 23.9 Å². The fourth-order valence-corrected chi connectivity index (χ4v) is 5.01. The summed E-state index contributed by atoms with van der Waals surface area (Å²) in [5, 5.41) is 4.75. The normalized spacial score (nSPS) is 22.0. The molecule has 0 spiro atoms. The summed E-state index contributed by atoms with van der Waals surface area (Å²) in [6.07, 6.45) is 0. The Morgan fingerprint density at radius 2 is 1.93 bits per heavy atom. The number of piperazine rings is 1. The molecule has 0 bridgehead atoms. The number of rotatable bonds is 5. The molecule has 1 saturated heterocycles. The zero-order valence-corrected chi connectivity index (χ0v) is 16.8. The molecule has 0 amide bonds. The highest BCUT2D eigenvalue weighted by Gasteiger charge is 2.43. The third kappa shape index (κ3) is 3.61. The van der Waals surface area contributed by atoms with Crippen molar-refractivity contribution >= 4 is 17.7 Å². The number of hydrogen-bond acceptors (Lipinski definition) is 7. The van der Waals surface area contributed by atoms with Crippen molar-refractivity contribution in [3.63, 3.8) is 0 Å². The maximum Gasteiger partial charge on any atom is 0.264 e. The highest BCUT2D eigenvalue weighted by molar-refractivity contribution is 8.00. The van der Waals surface area contributed by atoms with Gasteiger partial charge in [0.25, 0.3) is 5.91 Å². The van der Waals surface area contributed by atoms with Crippen molar-refractivity contribution in [1.82, 2.24) is 24.6 Å². The number of fused-ring (bicyclic) bond motifs is 1. The van der Waals surface area contributed by atoms with Crippen LogP contribution < -0.4 is 4.74 Å². The Morgan fingerprint density at radius 1 is 1.22 bits per heavy atom. The third-order valence-corrected chi connectivity index (χ3v) is 6.31. The van der Waals surface area contributed by atoms with E-state index in [0.717, 1.165) is 37.5 Å². The Morgan fingerprint density at radius 3 is 2.56 bits per heavy atom. The van der Waals surface area contributed by atoms with Crippen molar-refractivity contribution in [3.05, 3.63) is 35.7 Å². The molecular formula is C19H25N5O2S. The summed E-state index contributed by atoms with van der Waals surface area (Å²) in [5.74, 6) is 1.52. The summed E-state index contributed by atoms with van der Waals surface area (Å²) in [6, 6.07) is 8.15. The van der Waals surface area contributed by atoms with Crippen LogP contribution in [0.15, 0.2) is 29.4 Å². The second-order valence-corrected chi connectivity index (χ2v) is 8.12. The van der Waals surface area contributed by atoms with Crippen LogP contribution in [0.25, 0.3) is 0 Å². The molecular weight excluding hydrogens is 362 g/mol. The smallest absolute Gasteiger partial charge is 0.264 e. The predicted molar refractivity (Wildman–Crippen MR) is 104 cm³/mol. The monoisotopic (exact) mass is 387 g/mol. The summed E-state index contributed by atoms with van der Waals surface area (Å²) in [6.45, 7) is 8.32. The van der Waals surface area contributed by atoms with E-state index < -0.39 is 0 Å². The first-order valence-electron chi connectivity index (χ1n) is 9.36. The summed E-state index contributed by atoms with van der Waals surface area (Å²) in [5.41, 5.74) is 1.14. The summed E-state index contributed by atoms with van der Waals surface area (Å²) in [4.78, 5) is 22.2. The lowest BCUT2D eigenvalue weighted by Crippen LogP contribution is -2.49. The van der Waals surface area contributed by atoms with Crippen LogP contribution in [-0.2, 0) is 0 Å². The van der Waals surface area contributed by atoms with E-state index in [-0.39, 0.29) is 17.2 Å². The number of likely N-dealkylation sites (N-methyl/N-ethyl adjacent to an activating group) is 1. The lowest BCUT2D eigenvalue weighted by molar-refractivity contribution is 0.0766. The van der Waals surface area contributed by atoms with Gasteiger partial charge in [-0.3, -0.25) is 9.69 Å². The molecule has 0 aliphatic carbocycles. The number of ether oxygens (including phenoxy) is 1. The summed E-state index contributed by atoms with van der Waals surface area (Å²) < 4.78 is 7.06. The largest absolute Gasteiger partial charge is 0.494 e. The van der Waals surface area contributed by atoms with E-state index >= 15 is 0 Å². The predicted octanol–water partition coefficient (Wildman–Crippen LogP) is 2.09. The van der Waals surface area contributed by atoms with Crippen LogP contribution in [0.2, 0.25) is 0 Å². The van der Waals surface area contributed by atoms with E-state index in [1.54, 1.807) is 0 Å². The minimum atomic E-state index is -0.234. The van der Waals surface area contributed by atoms with E-state index in [1.807, 2.05) is 26.0 Å². The van der Waals surface area contributed by atoms with Gasteiger partial charge in [0.1, 0.15) is 16.8 Å². The molecule has 0 N–H and O–H groups in total. The second kappa shape index (κ2) is 7.61. The maximum absolute atomic E-state index is 13.1. The van der Waals surface area contributed by atoms with Crippen molar-refractivity contribution in [2.45, 2.75) is 30.3 Å². The second-order valence-electron chi connectivity index (χ2n) is 7.02. The molecule has 1 aromatic carbocycles. The lowest BCUT2D eigenvalue weighted by Gasteiger charge is -2.39. The van der Waals surface area contributed by atoms with Gasteiger partial charge >= 0.3 is 0 Å². The molecule has 2 unspecified atom stereocenters. The molecule has 0 radical (unpaired) electrons. The number of aryl methyl sites for hydroxylation is 1. The number of thioether (sulfide) groups is 1. The van der Waals surface area contributed by atoms with E-state index in [1.165, 1.54) is 16.4 Å². The van der Waals surface area contributed by atoms with Gasteiger partial charge in [0.2, 0.25) is 0 Å². The topological polar surface area (TPSA) is 63.5 Å². The Kier molecular flexibility index (Phi) is 5.21. The molecule has 2 atom stereocenters. The first-order chi connectivity index (χ1) is 13.1. The van der Waals surface area contributed by atoms with Crippen LogP contribution in [0.5, 0.6) is 5.75 Å². The molecule has 4 rings (SSSR count). The van der Waals surface area contributed by atoms with Crippen LogP contribution in [0.4, 0.5) is 0 Å². The first-order valence-corrected chi connectivity index (χ1v) is 10.2. The number of benzene rings is 1. The molecule has 144 valence electrons. The molecule has 8 heteroatoms. The SMILES string of the molecule is CCOc1ccc(C(C2Sc3nc(C)nn3C2=O)N2CCN(C)CC2)cc1. The van der Waals surface area contributed by atoms with Crippen LogP contribution in [0.3, 0.4) is 0 Å². The number of aromatic nitrogens is 3. The average Bonchev–Trinajstić information content (AvgIpc) is 3.16. The highest BCUT2D eigenvalue weighted by atomic mass is 32.2. The van der Waals surface area contributed by atoms with Gasteiger partial charge in [-0.05, 0) is 38.6 Å². The minimum Gasteiger partial charge on any atom is -0.494 e. The van der Waals surface area contributed by atoms with Crippen molar-refractivity contribution in [1.29, 1.82) is 0 Å². The summed E-state index contributed by atoms with van der Waals surface area (Å²) in [7, 11) is 2.14. The van der Waals surface area contributed by atoms with Gasteiger partial charge in [0.05, 0.1) is 12.6 Å². The number of carbonyl (C=O) groups excluding carboxylic acids is 1. The standard InChI is InChI=1S/C19H25N5O2S/c1-4-26-15-7-5-14(6-8-15)16(23-11-9-22(3)10-12-23)17-18(25)24-19(27-17)20-13(2)21-24/h5-8,16-17H,4,9-12H2,1-3H3. The van der Waals surface area contributed by atoms with Gasteiger partial charge in [0, 0.05) is 26.2 Å². The third-order valence-electron chi connectivity index (χ3n) is 5.12. The zero-order valence-electron chi connectivity index (χ0n) is 16.0. The van der Waals surface area contributed by atoms with E-state index in [9.17, 15) is 4.79 Å². The Balaban J connectivity index is 1.64. The van der Waals surface area contributed by atoms with Gasteiger partial charge < -0.3 is 9.64 Å². The molecule has 7 nitrogen and oxygen atoms in total. The van der Waals surface area contributed by atoms with Gasteiger partial charge in [-0.2, -0.15) is 4.68 Å². The molecule has 27 heavy (non-hydrogen) atoms. The van der Waals surface area contributed by atoms with Crippen molar-refractivity contribution in [3.8, 4) is 5.75 Å². The van der Waals surface area contributed by atoms with E-state index in [0.29, 0.717) is 17.6 Å². The minimum absolute atomic E-state index is 0.00400. The Labute approximate surface area is 163 Å². The molecule has 1 aromatic heterocycles. The van der Waals surface area contributed by atoms with Gasteiger partial charge in [-0.25, -0.2) is 4.98 Å². The molecule has 2 aliphatic heterocycles. The van der Waals surface area contributed by atoms with Crippen LogP contribution in [-0.4, -0.2) is 75.6 Å². The van der Waals surface area contributed by atoms with Crippen LogP contribution >= 0.6 is 11.8 Å². The Bertz CT molecular complexity index is 814. The molecule has 2 aliphatic rings. The maximum atomic E-state index is 13.1. The van der Waals surface area contributed by atoms with Crippen molar-refractivity contribution in [2.75, 3.05) is 39.8 Å². The molecule has 1 fully saturated rings. The van der Waals surface area contributed by atoms with Crippen molar-refractivity contribution < 1.29 is 9.53 Å². The number of nitrogens with zero attached hydrogens (tertiary/aromatic N) is 5. The zero-order chi connectivity index (χ0) is 19.0. The fourth-order valence-electron chi connectivity index (χ4n) is 3.70. The van der Waals surface area contributed by atoms with Crippen LogP contribution in [0, 0.1) is 6.92 Å². The molecule has 3 heterocycles. The van der Waals surface area contributed by atoms with Crippen LogP contribution in [0.1, 0.15) is 29.1 Å². The lowest BCUT2D eigenvalue weighted by atomic mass is 10.00. The first kappa shape index (κ1) is 18.5. The van der Waals surface area contributed by atoms with E-state index in [2.05, 4.69) is 39.1 Å².